The first-order chi connectivity index (χ1) is 19.6. The molecule has 3 N–H and O–H groups in total. The lowest BCUT2D eigenvalue weighted by Gasteiger charge is -2.20. The third-order valence-electron chi connectivity index (χ3n) is 6.12. The molecule has 41 heavy (non-hydrogen) atoms. The topological polar surface area (TPSA) is 139 Å². The van der Waals surface area contributed by atoms with Gasteiger partial charge in [-0.2, -0.15) is 0 Å². The van der Waals surface area contributed by atoms with Gasteiger partial charge in [-0.15, -0.1) is 0 Å². The summed E-state index contributed by atoms with van der Waals surface area (Å²) < 4.78 is 10.9. The number of carbonyl (C=O) groups excluding carboxylic acids is 4. The maximum absolute atomic E-state index is 13.2. The van der Waals surface area contributed by atoms with Gasteiger partial charge in [-0.1, -0.05) is 88.4 Å². The summed E-state index contributed by atoms with van der Waals surface area (Å²) in [5.41, 5.74) is 1.31. The highest BCUT2D eigenvalue weighted by Crippen LogP contribution is 2.13. The molecule has 1 aromatic heterocycles. The maximum Gasteiger partial charge on any atom is 0.328 e. The number of nitrogens with one attached hydrogen (secondary N) is 3. The molecule has 218 valence electrons. The van der Waals surface area contributed by atoms with E-state index in [1.165, 1.54) is 6.33 Å². The van der Waals surface area contributed by atoms with Gasteiger partial charge in [0.2, 0.25) is 0 Å². The highest BCUT2D eigenvalue weighted by molar-refractivity contribution is 6.06. The van der Waals surface area contributed by atoms with Crippen LogP contribution in [0.2, 0.25) is 0 Å². The first kappa shape index (κ1) is 31.1. The molecule has 0 radical (unpaired) electrons. The van der Waals surface area contributed by atoms with Crippen LogP contribution in [0.4, 0.5) is 0 Å². The van der Waals surface area contributed by atoms with Crippen molar-refractivity contribution in [2.24, 2.45) is 11.8 Å². The Labute approximate surface area is 240 Å². The molecule has 3 rings (SSSR count). The van der Waals surface area contributed by atoms with Gasteiger partial charge in [-0.05, 0) is 35.8 Å². The van der Waals surface area contributed by atoms with Gasteiger partial charge >= 0.3 is 11.9 Å². The minimum atomic E-state index is -0.944. The number of aromatic amines is 1. The molecule has 3 aromatic rings. The molecule has 2 amide bonds. The van der Waals surface area contributed by atoms with E-state index in [4.69, 9.17) is 9.47 Å². The molecule has 0 fully saturated rings. The van der Waals surface area contributed by atoms with Crippen LogP contribution in [0.5, 0.6) is 0 Å². The number of hydrogen-bond acceptors (Lipinski definition) is 7. The van der Waals surface area contributed by atoms with Crippen molar-refractivity contribution in [1.82, 2.24) is 20.6 Å². The number of imidazole rings is 1. The van der Waals surface area contributed by atoms with Crippen LogP contribution in [-0.4, -0.2) is 45.8 Å². The van der Waals surface area contributed by atoms with Crippen molar-refractivity contribution in [2.75, 3.05) is 0 Å². The highest BCUT2D eigenvalue weighted by Gasteiger charge is 2.30. The summed E-state index contributed by atoms with van der Waals surface area (Å²) >= 11 is 0. The van der Waals surface area contributed by atoms with Gasteiger partial charge in [-0.3, -0.25) is 9.59 Å². The van der Waals surface area contributed by atoms with E-state index in [1.54, 1.807) is 0 Å². The number of carbonyl (C=O) groups is 4. The Morgan fingerprint density at radius 2 is 1.15 bits per heavy atom. The number of H-pyrrole nitrogens is 1. The molecule has 0 saturated carbocycles. The van der Waals surface area contributed by atoms with Crippen LogP contribution >= 0.6 is 0 Å². The lowest BCUT2D eigenvalue weighted by Crippen LogP contribution is -2.45. The van der Waals surface area contributed by atoms with Gasteiger partial charge < -0.3 is 25.1 Å². The van der Waals surface area contributed by atoms with Crippen LogP contribution in [-0.2, 0) is 32.3 Å². The lowest BCUT2D eigenvalue weighted by molar-refractivity contribution is -0.148. The summed E-state index contributed by atoms with van der Waals surface area (Å²) in [6.07, 6.45) is 1.87. The van der Waals surface area contributed by atoms with Gasteiger partial charge in [0.1, 0.15) is 31.0 Å². The third kappa shape index (κ3) is 9.90. The Bertz CT molecular complexity index is 1190. The minimum absolute atomic E-state index is 0.0673. The summed E-state index contributed by atoms with van der Waals surface area (Å²) in [7, 11) is 0. The Kier molecular flexibility index (Phi) is 11.6. The van der Waals surface area contributed by atoms with Gasteiger partial charge in [0.05, 0.1) is 6.33 Å². The Morgan fingerprint density at radius 1 is 0.707 bits per heavy atom. The predicted octanol–water partition coefficient (Wildman–Crippen LogP) is 4.19. The Balaban J connectivity index is 1.67. The Morgan fingerprint density at radius 3 is 1.59 bits per heavy atom. The van der Waals surface area contributed by atoms with Crippen molar-refractivity contribution in [3.05, 3.63) is 89.5 Å². The van der Waals surface area contributed by atoms with Gasteiger partial charge in [0.15, 0.2) is 5.69 Å². The first-order valence-electron chi connectivity index (χ1n) is 13.7. The molecule has 0 aliphatic rings. The zero-order valence-corrected chi connectivity index (χ0v) is 23.9. The van der Waals surface area contributed by atoms with Crippen molar-refractivity contribution in [2.45, 2.75) is 65.8 Å². The van der Waals surface area contributed by atoms with Gasteiger partial charge in [0, 0.05) is 0 Å². The quantitative estimate of drug-likeness (QED) is 0.250. The van der Waals surface area contributed by atoms with Crippen molar-refractivity contribution in [1.29, 1.82) is 0 Å². The summed E-state index contributed by atoms with van der Waals surface area (Å²) in [4.78, 5) is 58.8. The standard InChI is InChI=1S/C31H38N4O6/c1-20(2)15-24(30(38)40-17-22-11-7-5-8-12-22)34-28(36)26-27(33-19-32-26)29(37)35-25(16-21(3)4)31(39)41-18-23-13-9-6-10-14-23/h5-14,19-21,24-25H,15-18H2,1-4H3,(H,32,33)(H,34,36)(H,35,37)/t24-,25-/m0/s1. The fourth-order valence-electron chi connectivity index (χ4n) is 4.13. The molecule has 2 aromatic carbocycles. The fraction of sp³-hybridized carbons (Fsp3) is 0.387. The van der Waals surface area contributed by atoms with Crippen molar-refractivity contribution >= 4 is 23.8 Å². The summed E-state index contributed by atoms with van der Waals surface area (Å²) in [6, 6.07) is 16.6. The number of esters is 2. The van der Waals surface area contributed by atoms with E-state index in [2.05, 4.69) is 20.6 Å². The van der Waals surface area contributed by atoms with Crippen LogP contribution in [0.1, 0.15) is 72.6 Å². The normalized spacial score (nSPS) is 12.4. The Hall–Kier alpha value is -4.47. The first-order valence-corrected chi connectivity index (χ1v) is 13.7. The van der Waals surface area contributed by atoms with Crippen LogP contribution in [0.3, 0.4) is 0 Å². The summed E-state index contributed by atoms with van der Waals surface area (Å²) in [5.74, 6) is -2.43. The van der Waals surface area contributed by atoms with Crippen LogP contribution in [0.25, 0.3) is 0 Å². The zero-order valence-electron chi connectivity index (χ0n) is 23.9. The number of nitrogens with zero attached hydrogens (tertiary/aromatic N) is 1. The number of aromatic nitrogens is 2. The molecule has 0 spiro atoms. The molecule has 10 nitrogen and oxygen atoms in total. The lowest BCUT2D eigenvalue weighted by atomic mass is 10.0. The van der Waals surface area contributed by atoms with Gasteiger partial charge in [-0.25, -0.2) is 14.6 Å². The molecule has 0 unspecified atom stereocenters. The number of ether oxygens (including phenoxy) is 2. The largest absolute Gasteiger partial charge is 0.459 e. The third-order valence-corrected chi connectivity index (χ3v) is 6.12. The second-order valence-corrected chi connectivity index (χ2v) is 10.6. The average molecular weight is 563 g/mol. The molecule has 0 aliphatic carbocycles. The SMILES string of the molecule is CC(C)C[C@H](NC(=O)c1nc[nH]c1C(=O)N[C@@H](CC(C)C)C(=O)OCc1ccccc1)C(=O)OCc1ccccc1. The number of amides is 2. The monoisotopic (exact) mass is 562 g/mol. The van der Waals surface area contributed by atoms with Crippen molar-refractivity contribution < 1.29 is 28.7 Å². The van der Waals surface area contributed by atoms with E-state index < -0.39 is 35.8 Å². The van der Waals surface area contributed by atoms with Crippen LogP contribution in [0, 0.1) is 11.8 Å². The van der Waals surface area contributed by atoms with Crippen molar-refractivity contribution in [3.63, 3.8) is 0 Å². The van der Waals surface area contributed by atoms with Crippen LogP contribution in [0.15, 0.2) is 67.0 Å². The molecular weight excluding hydrogens is 524 g/mol. The van der Waals surface area contributed by atoms with E-state index in [0.29, 0.717) is 12.8 Å². The molecular formula is C31H38N4O6. The van der Waals surface area contributed by atoms with E-state index in [-0.39, 0.29) is 36.4 Å². The average Bonchev–Trinajstić information content (AvgIpc) is 3.45. The molecule has 1 heterocycles. The molecule has 0 aliphatic heterocycles. The van der Waals surface area contributed by atoms with Crippen LogP contribution < -0.4 is 10.6 Å². The van der Waals surface area contributed by atoms with Crippen molar-refractivity contribution in [3.8, 4) is 0 Å². The number of benzene rings is 2. The maximum atomic E-state index is 13.2. The summed E-state index contributed by atoms with van der Waals surface area (Å²) in [6.45, 7) is 7.82. The zero-order chi connectivity index (χ0) is 29.8. The second-order valence-electron chi connectivity index (χ2n) is 10.6. The molecule has 2 atom stereocenters. The van der Waals surface area contributed by atoms with E-state index in [9.17, 15) is 19.2 Å². The predicted molar refractivity (Wildman–Crippen MR) is 152 cm³/mol. The summed E-state index contributed by atoms with van der Waals surface area (Å²) in [5, 5.41) is 5.33. The minimum Gasteiger partial charge on any atom is -0.459 e. The second kappa shape index (κ2) is 15.4. The highest BCUT2D eigenvalue weighted by atomic mass is 16.5. The van der Waals surface area contributed by atoms with E-state index in [1.807, 2.05) is 88.4 Å². The van der Waals surface area contributed by atoms with E-state index in [0.717, 1.165) is 11.1 Å². The molecule has 0 bridgehead atoms. The fourth-order valence-corrected chi connectivity index (χ4v) is 4.13. The molecule has 0 saturated heterocycles. The number of rotatable bonds is 14. The van der Waals surface area contributed by atoms with E-state index >= 15 is 0 Å². The number of hydrogen-bond donors (Lipinski definition) is 3. The molecule has 10 heteroatoms. The smallest absolute Gasteiger partial charge is 0.328 e. The van der Waals surface area contributed by atoms with Gasteiger partial charge in [0.25, 0.3) is 11.8 Å².